The summed E-state index contributed by atoms with van der Waals surface area (Å²) < 4.78 is 14.2. The molecule has 3 heterocycles. The lowest BCUT2D eigenvalue weighted by molar-refractivity contribution is 0.584. The Morgan fingerprint density at radius 2 is 2.07 bits per heavy atom. The quantitative estimate of drug-likeness (QED) is 0.312. The first kappa shape index (κ1) is 20.0. The van der Waals surface area contributed by atoms with E-state index in [2.05, 4.69) is 30.6 Å². The van der Waals surface area contributed by atoms with Gasteiger partial charge in [0.25, 0.3) is 0 Å². The molecule has 11 heteroatoms. The Labute approximate surface area is 162 Å². The average molecular weight is 404 g/mol. The van der Waals surface area contributed by atoms with Crippen molar-refractivity contribution < 1.29 is 4.57 Å². The van der Waals surface area contributed by atoms with E-state index in [0.717, 1.165) is 24.5 Å². The van der Waals surface area contributed by atoms with Crippen LogP contribution in [0.2, 0.25) is 0 Å². The molecule has 0 spiro atoms. The van der Waals surface area contributed by atoms with Gasteiger partial charge in [-0.2, -0.15) is 0 Å². The first-order valence-electron chi connectivity index (χ1n) is 9.02. The molecule has 0 amide bonds. The van der Waals surface area contributed by atoms with Gasteiger partial charge in [-0.15, -0.1) is 0 Å². The Hall–Kier alpha value is -2.71. The van der Waals surface area contributed by atoms with E-state index in [9.17, 15) is 9.36 Å². The number of pyridine rings is 1. The third-order valence-corrected chi connectivity index (χ3v) is 6.76. The zero-order valence-electron chi connectivity index (χ0n) is 16.2. The van der Waals surface area contributed by atoms with Crippen molar-refractivity contribution in [3.63, 3.8) is 0 Å². The maximum atomic E-state index is 12.7. The Bertz CT molecular complexity index is 1070. The average Bonchev–Trinajstić information content (AvgIpc) is 2.99. The second-order valence-corrected chi connectivity index (χ2v) is 9.86. The minimum Gasteiger partial charge on any atom is -0.382 e. The van der Waals surface area contributed by atoms with Crippen LogP contribution in [0.5, 0.6) is 0 Å². The van der Waals surface area contributed by atoms with Gasteiger partial charge in [-0.1, -0.05) is 13.0 Å². The monoisotopic (exact) mass is 404 g/mol. The van der Waals surface area contributed by atoms with Crippen LogP contribution in [0.4, 0.5) is 11.6 Å². The topological polar surface area (TPSA) is 144 Å². The molecule has 1 atom stereocenters. The molecule has 0 bridgehead atoms. The lowest BCUT2D eigenvalue weighted by Gasteiger charge is -2.10. The Balaban J connectivity index is 1.93. The van der Waals surface area contributed by atoms with Gasteiger partial charge in [0, 0.05) is 25.4 Å². The number of hydrogen-bond acceptors (Lipinski definition) is 8. The molecule has 3 aromatic rings. The van der Waals surface area contributed by atoms with Crippen molar-refractivity contribution in [3.05, 3.63) is 34.4 Å². The lowest BCUT2D eigenvalue weighted by atomic mass is 10.3. The van der Waals surface area contributed by atoms with Gasteiger partial charge in [0.15, 0.2) is 17.0 Å². The number of nitrogens with two attached hydrogens (primary N) is 1. The van der Waals surface area contributed by atoms with Gasteiger partial charge >= 0.3 is 5.69 Å². The van der Waals surface area contributed by atoms with Gasteiger partial charge in [-0.25, -0.2) is 19.7 Å². The Morgan fingerprint density at radius 1 is 1.29 bits per heavy atom. The van der Waals surface area contributed by atoms with Crippen LogP contribution in [0.25, 0.3) is 11.2 Å². The van der Waals surface area contributed by atoms with E-state index < -0.39 is 7.14 Å². The van der Waals surface area contributed by atoms with E-state index in [1.807, 2.05) is 26.1 Å². The maximum Gasteiger partial charge on any atom is 0.328 e. The minimum absolute atomic E-state index is 0.119. The van der Waals surface area contributed by atoms with E-state index in [4.69, 9.17) is 5.73 Å². The summed E-state index contributed by atoms with van der Waals surface area (Å²) in [6.45, 7) is 5.28. The first-order valence-corrected chi connectivity index (χ1v) is 11.4. The molecule has 0 aromatic carbocycles. The number of aromatic amines is 1. The molecule has 0 aliphatic heterocycles. The predicted molar refractivity (Wildman–Crippen MR) is 112 cm³/mol. The summed E-state index contributed by atoms with van der Waals surface area (Å²) in [7, 11) is -0.842. The van der Waals surface area contributed by atoms with E-state index in [1.54, 1.807) is 12.9 Å². The molecule has 0 fully saturated rings. The van der Waals surface area contributed by atoms with E-state index >= 15 is 0 Å². The summed E-state index contributed by atoms with van der Waals surface area (Å²) in [4.78, 5) is 28.0. The Kier molecular flexibility index (Phi) is 5.81. The summed E-state index contributed by atoms with van der Waals surface area (Å²) in [5.41, 5.74) is 7.34. The van der Waals surface area contributed by atoms with Crippen molar-refractivity contribution in [2.45, 2.75) is 13.5 Å². The summed E-state index contributed by atoms with van der Waals surface area (Å²) in [6, 6.07) is 3.75. The number of aromatic nitrogens is 5. The smallest absolute Gasteiger partial charge is 0.328 e. The normalized spacial score (nSPS) is 13.5. The number of likely N-dealkylation sites (N-methyl/N-ethyl adjacent to an activating group) is 1. The third kappa shape index (κ3) is 4.07. The second kappa shape index (κ2) is 8.12. The first-order chi connectivity index (χ1) is 13.4. The molecule has 3 aromatic heterocycles. The predicted octanol–water partition coefficient (Wildman–Crippen LogP) is 0.415. The van der Waals surface area contributed by atoms with Gasteiger partial charge < -0.3 is 25.9 Å². The molecule has 10 nitrogen and oxygen atoms in total. The SMILES string of the molecule is CC[P@@](C)(=O)c1nc(N)c2[nH]c(=O)n(Cc3ccc(NCCNC)nc3)c2n1. The van der Waals surface area contributed by atoms with Crippen LogP contribution in [-0.2, 0) is 11.1 Å². The molecular weight excluding hydrogens is 379 g/mol. The van der Waals surface area contributed by atoms with E-state index in [-0.39, 0.29) is 23.6 Å². The zero-order chi connectivity index (χ0) is 20.3. The summed E-state index contributed by atoms with van der Waals surface area (Å²) in [5, 5.41) is 6.25. The largest absolute Gasteiger partial charge is 0.382 e. The second-order valence-electron chi connectivity index (χ2n) is 6.62. The van der Waals surface area contributed by atoms with Crippen LogP contribution < -0.4 is 27.6 Å². The highest BCUT2D eigenvalue weighted by molar-refractivity contribution is 7.70. The molecule has 3 rings (SSSR count). The number of hydrogen-bond donors (Lipinski definition) is 4. The van der Waals surface area contributed by atoms with Crippen LogP contribution in [0, 0.1) is 0 Å². The van der Waals surface area contributed by atoms with Gasteiger partial charge in [0.2, 0.25) is 0 Å². The molecule has 0 radical (unpaired) electrons. The molecule has 0 aliphatic carbocycles. The molecule has 28 heavy (non-hydrogen) atoms. The molecule has 150 valence electrons. The number of nitrogen functional groups attached to an aromatic ring is 1. The number of H-pyrrole nitrogens is 1. The fraction of sp³-hybridized carbons (Fsp3) is 0.412. The Morgan fingerprint density at radius 3 is 2.71 bits per heavy atom. The molecule has 0 saturated heterocycles. The summed E-state index contributed by atoms with van der Waals surface area (Å²) in [5.74, 6) is 0.877. The van der Waals surface area contributed by atoms with Crippen molar-refractivity contribution in [2.75, 3.05) is 44.0 Å². The van der Waals surface area contributed by atoms with Crippen molar-refractivity contribution in [2.24, 2.45) is 0 Å². The number of rotatable bonds is 8. The van der Waals surface area contributed by atoms with Gasteiger partial charge in [-0.3, -0.25) is 4.57 Å². The highest BCUT2D eigenvalue weighted by atomic mass is 31.2. The lowest BCUT2D eigenvalue weighted by Crippen LogP contribution is -2.21. The van der Waals surface area contributed by atoms with Crippen molar-refractivity contribution >= 4 is 35.5 Å². The fourth-order valence-corrected chi connectivity index (χ4v) is 3.57. The fourth-order valence-electron chi connectivity index (χ4n) is 2.66. The number of fused-ring (bicyclic) bond motifs is 1. The highest BCUT2D eigenvalue weighted by Crippen LogP contribution is 2.38. The maximum absolute atomic E-state index is 12.7. The van der Waals surface area contributed by atoms with E-state index in [0.29, 0.717) is 17.3 Å². The van der Waals surface area contributed by atoms with Gasteiger partial charge in [0.1, 0.15) is 18.5 Å². The highest BCUT2D eigenvalue weighted by Gasteiger charge is 2.23. The number of imidazole rings is 1. The standard InChI is InChI=1S/C17H25N8O2P/c1-4-28(3,27)16-23-14(18)13-15(24-16)25(17(26)22-13)10-11-5-6-12(21-9-11)20-8-7-19-2/h5-6,9,19H,4,7-8,10H2,1-3H3,(H,20,21)(H,22,26)(H2,18,23,24)/t28-/m1/s1. The number of nitrogens with zero attached hydrogens (tertiary/aromatic N) is 4. The molecule has 0 unspecified atom stereocenters. The molecule has 5 N–H and O–H groups in total. The van der Waals surface area contributed by atoms with Crippen molar-refractivity contribution in [1.29, 1.82) is 0 Å². The van der Waals surface area contributed by atoms with Crippen molar-refractivity contribution in [3.8, 4) is 0 Å². The van der Waals surface area contributed by atoms with Crippen LogP contribution in [0.15, 0.2) is 23.1 Å². The minimum atomic E-state index is -2.73. The van der Waals surface area contributed by atoms with Crippen LogP contribution in [0.1, 0.15) is 12.5 Å². The van der Waals surface area contributed by atoms with Gasteiger partial charge in [-0.05, 0) is 25.3 Å². The van der Waals surface area contributed by atoms with Crippen LogP contribution >= 0.6 is 7.14 Å². The van der Waals surface area contributed by atoms with E-state index in [1.165, 1.54) is 4.57 Å². The third-order valence-electron chi connectivity index (χ3n) is 4.51. The van der Waals surface area contributed by atoms with Gasteiger partial charge in [0.05, 0.1) is 6.54 Å². The van der Waals surface area contributed by atoms with Crippen LogP contribution in [0.3, 0.4) is 0 Å². The van der Waals surface area contributed by atoms with Crippen LogP contribution in [-0.4, -0.2) is 57.5 Å². The summed E-state index contributed by atoms with van der Waals surface area (Å²) >= 11 is 0. The molecule has 0 aliphatic rings. The molecule has 0 saturated carbocycles. The number of nitrogens with one attached hydrogen (secondary N) is 3. The molecular formula is C17H25N8O2P. The number of anilines is 2. The van der Waals surface area contributed by atoms with Crippen molar-refractivity contribution in [1.82, 2.24) is 29.8 Å². The zero-order valence-corrected chi connectivity index (χ0v) is 17.1. The summed E-state index contributed by atoms with van der Waals surface area (Å²) in [6.07, 6.45) is 2.12.